The molecule has 0 spiro atoms. The fraction of sp³-hybridized carbons (Fsp3) is 0.632. The lowest BCUT2D eigenvalue weighted by atomic mass is 10.0. The SMILES string of the molecule is CCN(CCNC(=O)NC1CCCC1CNS(C)(=O)=O)c1cccc(C)c1. The van der Waals surface area contributed by atoms with Gasteiger partial charge >= 0.3 is 6.03 Å². The van der Waals surface area contributed by atoms with Crippen molar-refractivity contribution in [2.24, 2.45) is 5.92 Å². The van der Waals surface area contributed by atoms with E-state index < -0.39 is 10.0 Å². The molecular formula is C19H32N4O3S. The number of hydrogen-bond donors (Lipinski definition) is 3. The van der Waals surface area contributed by atoms with Gasteiger partial charge in [0.05, 0.1) is 6.26 Å². The average Bonchev–Trinajstić information content (AvgIpc) is 3.03. The van der Waals surface area contributed by atoms with Crippen LogP contribution in [0.15, 0.2) is 24.3 Å². The summed E-state index contributed by atoms with van der Waals surface area (Å²) in [6.07, 6.45) is 3.96. The first kappa shape index (κ1) is 21.5. The van der Waals surface area contributed by atoms with Crippen LogP contribution in [0.5, 0.6) is 0 Å². The normalized spacial score (nSPS) is 19.7. The first-order valence-electron chi connectivity index (χ1n) is 9.59. The van der Waals surface area contributed by atoms with Gasteiger partial charge in [-0.05, 0) is 50.3 Å². The number of aryl methyl sites for hydroxylation is 1. The molecule has 1 aliphatic carbocycles. The van der Waals surface area contributed by atoms with Crippen molar-refractivity contribution in [3.8, 4) is 0 Å². The molecule has 1 aromatic carbocycles. The molecule has 1 saturated carbocycles. The van der Waals surface area contributed by atoms with E-state index in [0.717, 1.165) is 44.3 Å². The molecular weight excluding hydrogens is 364 g/mol. The van der Waals surface area contributed by atoms with E-state index in [2.05, 4.69) is 52.3 Å². The van der Waals surface area contributed by atoms with Crippen LogP contribution in [0.2, 0.25) is 0 Å². The maximum atomic E-state index is 12.2. The van der Waals surface area contributed by atoms with Gasteiger partial charge in [0.25, 0.3) is 0 Å². The predicted octanol–water partition coefficient (Wildman–Crippen LogP) is 1.84. The van der Waals surface area contributed by atoms with Crippen LogP contribution < -0.4 is 20.3 Å². The second kappa shape index (κ2) is 9.94. The number of nitrogens with one attached hydrogen (secondary N) is 3. The quantitative estimate of drug-likeness (QED) is 0.594. The van der Waals surface area contributed by atoms with Crippen LogP contribution in [0, 0.1) is 12.8 Å². The van der Waals surface area contributed by atoms with Gasteiger partial charge < -0.3 is 15.5 Å². The highest BCUT2D eigenvalue weighted by molar-refractivity contribution is 7.88. The molecule has 1 aliphatic rings. The standard InChI is InChI=1S/C19H32N4O3S/c1-4-23(17-9-5-7-15(2)13-17)12-11-20-19(24)22-18-10-6-8-16(18)14-21-27(3,25)26/h5,7,9,13,16,18,21H,4,6,8,10-12,14H2,1-3H3,(H2,20,22,24). The lowest BCUT2D eigenvalue weighted by molar-refractivity contribution is 0.233. The molecule has 0 radical (unpaired) electrons. The first-order chi connectivity index (χ1) is 12.8. The maximum absolute atomic E-state index is 12.2. The van der Waals surface area contributed by atoms with Crippen molar-refractivity contribution >= 4 is 21.7 Å². The van der Waals surface area contributed by atoms with E-state index in [9.17, 15) is 13.2 Å². The average molecular weight is 397 g/mol. The fourth-order valence-corrected chi connectivity index (χ4v) is 4.06. The summed E-state index contributed by atoms with van der Waals surface area (Å²) < 4.78 is 25.1. The third-order valence-electron chi connectivity index (χ3n) is 5.00. The summed E-state index contributed by atoms with van der Waals surface area (Å²) in [5.74, 6) is 0.143. The molecule has 7 nitrogen and oxygen atoms in total. The Bertz CT molecular complexity index is 723. The van der Waals surface area contributed by atoms with E-state index in [1.165, 1.54) is 5.56 Å². The van der Waals surface area contributed by atoms with Crippen LogP contribution in [0.1, 0.15) is 31.7 Å². The predicted molar refractivity (Wildman–Crippen MR) is 110 cm³/mol. The van der Waals surface area contributed by atoms with Crippen LogP contribution in [0.3, 0.4) is 0 Å². The van der Waals surface area contributed by atoms with Gasteiger partial charge in [0.1, 0.15) is 0 Å². The molecule has 0 bridgehead atoms. The molecule has 0 saturated heterocycles. The van der Waals surface area contributed by atoms with Crippen molar-refractivity contribution in [3.63, 3.8) is 0 Å². The first-order valence-corrected chi connectivity index (χ1v) is 11.5. The molecule has 2 unspecified atom stereocenters. The molecule has 0 aromatic heterocycles. The molecule has 2 amide bonds. The second-order valence-electron chi connectivity index (χ2n) is 7.24. The van der Waals surface area contributed by atoms with E-state index in [-0.39, 0.29) is 18.0 Å². The molecule has 152 valence electrons. The number of urea groups is 1. The Morgan fingerprint density at radius 1 is 1.30 bits per heavy atom. The van der Waals surface area contributed by atoms with Crippen molar-refractivity contribution < 1.29 is 13.2 Å². The summed E-state index contributed by atoms with van der Waals surface area (Å²) in [5, 5.41) is 5.92. The molecule has 2 atom stereocenters. The number of hydrogen-bond acceptors (Lipinski definition) is 4. The number of rotatable bonds is 9. The van der Waals surface area contributed by atoms with Crippen LogP contribution in [-0.4, -0.2) is 52.9 Å². The zero-order valence-electron chi connectivity index (χ0n) is 16.5. The number of nitrogens with zero attached hydrogens (tertiary/aromatic N) is 1. The Kier molecular flexibility index (Phi) is 7.91. The van der Waals surface area contributed by atoms with Crippen molar-refractivity contribution in [1.29, 1.82) is 0 Å². The summed E-state index contributed by atoms with van der Waals surface area (Å²) >= 11 is 0. The summed E-state index contributed by atoms with van der Waals surface area (Å²) in [7, 11) is -3.20. The number of carbonyl (C=O) groups is 1. The van der Waals surface area contributed by atoms with Crippen LogP contribution in [0.25, 0.3) is 0 Å². The number of likely N-dealkylation sites (N-methyl/N-ethyl adjacent to an activating group) is 1. The van der Waals surface area contributed by atoms with Gasteiger partial charge in [-0.15, -0.1) is 0 Å². The Balaban J connectivity index is 1.76. The second-order valence-corrected chi connectivity index (χ2v) is 9.07. The minimum atomic E-state index is -3.20. The highest BCUT2D eigenvalue weighted by Gasteiger charge is 2.29. The van der Waals surface area contributed by atoms with Gasteiger partial charge in [-0.1, -0.05) is 18.6 Å². The number of anilines is 1. The number of carbonyl (C=O) groups excluding carboxylic acids is 1. The molecule has 0 heterocycles. The zero-order valence-corrected chi connectivity index (χ0v) is 17.3. The van der Waals surface area contributed by atoms with Crippen LogP contribution in [0.4, 0.5) is 10.5 Å². The van der Waals surface area contributed by atoms with Crippen molar-refractivity contribution in [3.05, 3.63) is 29.8 Å². The van der Waals surface area contributed by atoms with Crippen molar-refractivity contribution in [1.82, 2.24) is 15.4 Å². The van der Waals surface area contributed by atoms with E-state index in [0.29, 0.717) is 13.1 Å². The number of amides is 2. The van der Waals surface area contributed by atoms with Gasteiger partial charge in [-0.3, -0.25) is 0 Å². The molecule has 27 heavy (non-hydrogen) atoms. The lowest BCUT2D eigenvalue weighted by Crippen LogP contribution is -2.47. The van der Waals surface area contributed by atoms with Gasteiger partial charge in [0.15, 0.2) is 0 Å². The van der Waals surface area contributed by atoms with E-state index in [4.69, 9.17) is 0 Å². The van der Waals surface area contributed by atoms with E-state index >= 15 is 0 Å². The minimum absolute atomic E-state index is 0.0123. The summed E-state index contributed by atoms with van der Waals surface area (Å²) in [5.41, 5.74) is 2.37. The number of sulfonamides is 1. The third kappa shape index (κ3) is 7.38. The van der Waals surface area contributed by atoms with Gasteiger partial charge in [-0.2, -0.15) is 0 Å². The molecule has 1 fully saturated rings. The van der Waals surface area contributed by atoms with E-state index in [1.54, 1.807) is 0 Å². The van der Waals surface area contributed by atoms with Crippen LogP contribution >= 0.6 is 0 Å². The Labute approximate surface area is 163 Å². The van der Waals surface area contributed by atoms with Gasteiger partial charge in [0.2, 0.25) is 10.0 Å². The Morgan fingerprint density at radius 2 is 2.07 bits per heavy atom. The summed E-state index contributed by atoms with van der Waals surface area (Å²) in [6, 6.07) is 8.15. The van der Waals surface area contributed by atoms with Gasteiger partial charge in [-0.25, -0.2) is 17.9 Å². The fourth-order valence-electron chi connectivity index (χ4n) is 3.55. The molecule has 8 heteroatoms. The smallest absolute Gasteiger partial charge is 0.315 e. The van der Waals surface area contributed by atoms with Crippen molar-refractivity contribution in [2.45, 2.75) is 39.2 Å². The van der Waals surface area contributed by atoms with Crippen LogP contribution in [-0.2, 0) is 10.0 Å². The number of benzene rings is 1. The third-order valence-corrected chi connectivity index (χ3v) is 5.69. The maximum Gasteiger partial charge on any atom is 0.315 e. The zero-order chi connectivity index (χ0) is 19.9. The molecule has 2 rings (SSSR count). The summed E-state index contributed by atoms with van der Waals surface area (Å²) in [6.45, 7) is 6.69. The lowest BCUT2D eigenvalue weighted by Gasteiger charge is -2.25. The highest BCUT2D eigenvalue weighted by atomic mass is 32.2. The monoisotopic (exact) mass is 396 g/mol. The van der Waals surface area contributed by atoms with E-state index in [1.807, 2.05) is 6.07 Å². The summed E-state index contributed by atoms with van der Waals surface area (Å²) in [4.78, 5) is 14.5. The molecule has 1 aromatic rings. The highest BCUT2D eigenvalue weighted by Crippen LogP contribution is 2.25. The van der Waals surface area contributed by atoms with Gasteiger partial charge in [0, 0.05) is 37.9 Å². The topological polar surface area (TPSA) is 90.5 Å². The van der Waals surface area contributed by atoms with Crippen molar-refractivity contribution in [2.75, 3.05) is 37.3 Å². The molecule has 3 N–H and O–H groups in total. The minimum Gasteiger partial charge on any atom is -0.370 e. The Morgan fingerprint density at radius 3 is 2.74 bits per heavy atom. The largest absolute Gasteiger partial charge is 0.370 e. The molecule has 0 aliphatic heterocycles. The Hall–Kier alpha value is -1.80.